The molecule has 2 heterocycles. The maximum atomic E-state index is 13.7. The number of methoxy groups -OCH3 is 1. The average Bonchev–Trinajstić information content (AvgIpc) is 2.39. The number of rotatable bonds is 3. The average molecular weight is 258 g/mol. The molecule has 0 saturated carbocycles. The van der Waals surface area contributed by atoms with Crippen molar-refractivity contribution in [1.29, 1.82) is 0 Å². The molecular weight excluding hydrogens is 242 g/mol. The van der Waals surface area contributed by atoms with Crippen LogP contribution in [0.3, 0.4) is 0 Å². The van der Waals surface area contributed by atoms with Gasteiger partial charge in [0.2, 0.25) is 0 Å². The molecule has 1 aromatic heterocycles. The smallest absolute Gasteiger partial charge is 0.178 e. The first-order valence-corrected chi connectivity index (χ1v) is 5.76. The van der Waals surface area contributed by atoms with Crippen LogP contribution in [0.25, 0.3) is 0 Å². The summed E-state index contributed by atoms with van der Waals surface area (Å²) in [7, 11) is 1.66. The fourth-order valence-electron chi connectivity index (χ4n) is 2.08. The zero-order valence-electron chi connectivity index (χ0n) is 10.1. The Morgan fingerprint density at radius 3 is 2.61 bits per heavy atom. The number of hydrogen-bond donors (Lipinski definition) is 2. The Hall–Kier alpha value is -1.47. The van der Waals surface area contributed by atoms with Gasteiger partial charge in [0.05, 0.1) is 6.10 Å². The number of nitrogens with two attached hydrogens (primary N) is 1. The lowest BCUT2D eigenvalue weighted by atomic mass is 10.1. The molecule has 3 N–H and O–H groups in total. The number of pyridine rings is 1. The summed E-state index contributed by atoms with van der Waals surface area (Å²) in [6, 6.07) is 0.792. The van der Waals surface area contributed by atoms with Crippen molar-refractivity contribution in [3.8, 4) is 0 Å². The van der Waals surface area contributed by atoms with E-state index in [9.17, 15) is 8.78 Å². The molecule has 0 spiro atoms. The number of nitrogens with one attached hydrogen (secondary N) is 1. The molecule has 0 radical (unpaired) electrons. The molecule has 0 aromatic carbocycles. The summed E-state index contributed by atoms with van der Waals surface area (Å²) < 4.78 is 32.2. The van der Waals surface area contributed by atoms with E-state index in [1.807, 2.05) is 0 Å². The van der Waals surface area contributed by atoms with Crippen molar-refractivity contribution in [1.82, 2.24) is 4.98 Å². The topological polar surface area (TPSA) is 63.4 Å². The van der Waals surface area contributed by atoms with Crippen LogP contribution in [0.1, 0.15) is 12.8 Å². The Morgan fingerprint density at radius 1 is 1.39 bits per heavy atom. The zero-order valence-corrected chi connectivity index (χ0v) is 10.1. The first kappa shape index (κ1) is 13.0. The quantitative estimate of drug-likeness (QED) is 0.631. The monoisotopic (exact) mass is 258 g/mol. The molecule has 0 unspecified atom stereocenters. The third-order valence-electron chi connectivity index (χ3n) is 3.12. The maximum absolute atomic E-state index is 13.7. The van der Waals surface area contributed by atoms with Gasteiger partial charge in [-0.1, -0.05) is 0 Å². The molecule has 0 bridgehead atoms. The van der Waals surface area contributed by atoms with E-state index in [0.717, 1.165) is 18.9 Å². The number of ether oxygens (including phenoxy) is 1. The van der Waals surface area contributed by atoms with Crippen LogP contribution < -0.4 is 16.2 Å². The zero-order chi connectivity index (χ0) is 13.1. The number of aromatic nitrogens is 1. The predicted octanol–water partition coefficient (Wildman–Crippen LogP) is 1.26. The summed E-state index contributed by atoms with van der Waals surface area (Å²) in [6.45, 7) is 1.25. The van der Waals surface area contributed by atoms with Crippen LogP contribution in [-0.2, 0) is 4.74 Å². The van der Waals surface area contributed by atoms with Gasteiger partial charge in [0.1, 0.15) is 0 Å². The van der Waals surface area contributed by atoms with E-state index >= 15 is 0 Å². The lowest BCUT2D eigenvalue weighted by molar-refractivity contribution is 0.0816. The minimum atomic E-state index is -0.800. The lowest BCUT2D eigenvalue weighted by Crippen LogP contribution is -2.37. The first-order valence-electron chi connectivity index (χ1n) is 5.76. The fourth-order valence-corrected chi connectivity index (χ4v) is 2.08. The van der Waals surface area contributed by atoms with Gasteiger partial charge in [-0.05, 0) is 12.8 Å². The molecular formula is C11H16F2N4O. The van der Waals surface area contributed by atoms with Crippen molar-refractivity contribution in [2.75, 3.05) is 30.5 Å². The van der Waals surface area contributed by atoms with Gasteiger partial charge in [0.15, 0.2) is 23.3 Å². The summed E-state index contributed by atoms with van der Waals surface area (Å²) in [5.41, 5.74) is 2.12. The lowest BCUT2D eigenvalue weighted by Gasteiger charge is -2.32. The molecule has 100 valence electrons. The third kappa shape index (κ3) is 2.51. The maximum Gasteiger partial charge on any atom is 0.178 e. The van der Waals surface area contributed by atoms with Crippen LogP contribution >= 0.6 is 0 Å². The fraction of sp³-hybridized carbons (Fsp3) is 0.545. The van der Waals surface area contributed by atoms with E-state index in [1.165, 1.54) is 0 Å². The van der Waals surface area contributed by atoms with Crippen molar-refractivity contribution >= 4 is 11.6 Å². The Kier molecular flexibility index (Phi) is 3.93. The second-order valence-electron chi connectivity index (χ2n) is 4.19. The van der Waals surface area contributed by atoms with E-state index in [4.69, 9.17) is 10.6 Å². The molecule has 2 rings (SSSR count). The van der Waals surface area contributed by atoms with Gasteiger partial charge in [-0.25, -0.2) is 19.6 Å². The van der Waals surface area contributed by atoms with Crippen LogP contribution in [0, 0.1) is 11.6 Å². The Bertz CT molecular complexity index is 422. The molecule has 0 amide bonds. The molecule has 18 heavy (non-hydrogen) atoms. The van der Waals surface area contributed by atoms with Crippen molar-refractivity contribution in [2.24, 2.45) is 5.84 Å². The van der Waals surface area contributed by atoms with Gasteiger partial charge in [0.25, 0.3) is 0 Å². The van der Waals surface area contributed by atoms with Crippen LogP contribution in [0.4, 0.5) is 20.4 Å². The number of nitrogens with zero attached hydrogens (tertiary/aromatic N) is 2. The molecule has 7 heteroatoms. The molecule has 1 aliphatic heterocycles. The Labute approximate surface area is 104 Å². The molecule has 0 atom stereocenters. The SMILES string of the molecule is COC1CCN(c2nc(NN)c(F)cc2F)CC1. The Balaban J connectivity index is 2.18. The van der Waals surface area contributed by atoms with Crippen molar-refractivity contribution in [3.63, 3.8) is 0 Å². The molecule has 1 aromatic rings. The number of nitrogen functional groups attached to an aromatic ring is 1. The summed E-state index contributed by atoms with van der Waals surface area (Å²) in [5.74, 6) is 3.62. The third-order valence-corrected chi connectivity index (χ3v) is 3.12. The normalized spacial score (nSPS) is 17.0. The van der Waals surface area contributed by atoms with Crippen LogP contribution in [-0.4, -0.2) is 31.3 Å². The molecule has 1 saturated heterocycles. The number of hydrazine groups is 1. The summed E-state index contributed by atoms with van der Waals surface area (Å²) in [5, 5.41) is 0. The highest BCUT2D eigenvalue weighted by atomic mass is 19.1. The highest BCUT2D eigenvalue weighted by Crippen LogP contribution is 2.25. The standard InChI is InChI=1S/C11H16F2N4O/c1-18-7-2-4-17(5-3-7)11-9(13)6-8(12)10(15-11)16-14/h6-7H,2-5,14H2,1H3,(H,15,16). The number of piperidine rings is 1. The second kappa shape index (κ2) is 5.45. The van der Waals surface area contributed by atoms with Gasteiger partial charge in [0, 0.05) is 26.3 Å². The van der Waals surface area contributed by atoms with Gasteiger partial charge < -0.3 is 15.1 Å². The largest absolute Gasteiger partial charge is 0.381 e. The van der Waals surface area contributed by atoms with Gasteiger partial charge in [-0.3, -0.25) is 0 Å². The Morgan fingerprint density at radius 2 is 2.06 bits per heavy atom. The van der Waals surface area contributed by atoms with E-state index in [-0.39, 0.29) is 17.7 Å². The van der Waals surface area contributed by atoms with E-state index < -0.39 is 11.6 Å². The minimum absolute atomic E-state index is 0.124. The van der Waals surface area contributed by atoms with Crippen LogP contribution in [0.5, 0.6) is 0 Å². The van der Waals surface area contributed by atoms with Crippen molar-refractivity contribution in [3.05, 3.63) is 17.7 Å². The molecule has 5 nitrogen and oxygen atoms in total. The van der Waals surface area contributed by atoms with E-state index in [1.54, 1.807) is 12.0 Å². The molecule has 1 aliphatic rings. The molecule has 0 aliphatic carbocycles. The number of hydrogen-bond acceptors (Lipinski definition) is 5. The summed E-state index contributed by atoms with van der Waals surface area (Å²) >= 11 is 0. The minimum Gasteiger partial charge on any atom is -0.381 e. The highest BCUT2D eigenvalue weighted by molar-refractivity contribution is 5.49. The first-order chi connectivity index (χ1) is 8.65. The van der Waals surface area contributed by atoms with Crippen LogP contribution in [0.15, 0.2) is 6.07 Å². The van der Waals surface area contributed by atoms with E-state index in [2.05, 4.69) is 10.4 Å². The van der Waals surface area contributed by atoms with E-state index in [0.29, 0.717) is 13.1 Å². The number of anilines is 2. The summed E-state index contributed by atoms with van der Waals surface area (Å²) in [6.07, 6.45) is 1.78. The van der Waals surface area contributed by atoms with Gasteiger partial charge >= 0.3 is 0 Å². The number of halogens is 2. The van der Waals surface area contributed by atoms with Gasteiger partial charge in [-0.2, -0.15) is 0 Å². The molecule has 1 fully saturated rings. The van der Waals surface area contributed by atoms with Crippen molar-refractivity contribution in [2.45, 2.75) is 18.9 Å². The second-order valence-corrected chi connectivity index (χ2v) is 4.19. The van der Waals surface area contributed by atoms with Crippen LogP contribution in [0.2, 0.25) is 0 Å². The van der Waals surface area contributed by atoms with Crippen molar-refractivity contribution < 1.29 is 13.5 Å². The highest BCUT2D eigenvalue weighted by Gasteiger charge is 2.23. The predicted molar refractivity (Wildman–Crippen MR) is 64.2 cm³/mol. The summed E-state index contributed by atoms with van der Waals surface area (Å²) in [4.78, 5) is 5.63. The van der Waals surface area contributed by atoms with Gasteiger partial charge in [-0.15, -0.1) is 0 Å².